The Kier molecular flexibility index (Phi) is 5.25. The highest BCUT2D eigenvalue weighted by Crippen LogP contribution is 2.29. The van der Waals surface area contributed by atoms with E-state index in [1.807, 2.05) is 0 Å². The molecular formula is C11H13ClF3NO2. The van der Waals surface area contributed by atoms with Gasteiger partial charge >= 0.3 is 6.11 Å². The van der Waals surface area contributed by atoms with Crippen LogP contribution in [-0.4, -0.2) is 29.5 Å². The van der Waals surface area contributed by atoms with E-state index in [0.717, 1.165) is 0 Å². The van der Waals surface area contributed by atoms with Crippen LogP contribution in [0, 0.1) is 0 Å². The molecule has 3 N–H and O–H groups in total. The van der Waals surface area contributed by atoms with Gasteiger partial charge in [0.25, 0.3) is 5.63 Å². The summed E-state index contributed by atoms with van der Waals surface area (Å²) < 4.78 is 42.3. The minimum absolute atomic E-state index is 0.217. The Labute approximate surface area is 107 Å². The Bertz CT molecular complexity index is 390. The summed E-state index contributed by atoms with van der Waals surface area (Å²) in [5.41, 5.74) is 3.17. The number of rotatable bonds is 6. The molecule has 0 amide bonds. The number of hydrogen-bond donors (Lipinski definition) is 2. The average Bonchev–Trinajstić information content (AvgIpc) is 2.28. The Hall–Kier alpha value is -0.980. The van der Waals surface area contributed by atoms with E-state index in [1.54, 1.807) is 6.07 Å². The van der Waals surface area contributed by atoms with E-state index in [1.165, 1.54) is 18.2 Å². The molecule has 102 valence electrons. The second kappa shape index (κ2) is 6.26. The van der Waals surface area contributed by atoms with Gasteiger partial charge in [0, 0.05) is 6.04 Å². The highest BCUT2D eigenvalue weighted by Gasteiger charge is 2.42. The molecule has 0 aliphatic rings. The molecule has 18 heavy (non-hydrogen) atoms. The fourth-order valence-corrected chi connectivity index (χ4v) is 1.35. The second-order valence-corrected chi connectivity index (χ2v) is 4.14. The molecule has 1 aromatic carbocycles. The summed E-state index contributed by atoms with van der Waals surface area (Å²) in [7, 11) is 0. The maximum absolute atomic E-state index is 12.9. The average molecular weight is 284 g/mol. The van der Waals surface area contributed by atoms with Crippen molar-refractivity contribution in [2.75, 3.05) is 6.61 Å². The summed E-state index contributed by atoms with van der Waals surface area (Å²) in [5.74, 6) is -0.217. The summed E-state index contributed by atoms with van der Waals surface area (Å²) in [4.78, 5) is 0. The Morgan fingerprint density at radius 2 is 2.11 bits per heavy atom. The standard InChI is InChI=1S/C11H13ClF3NO2/c12-10(13)11(14,15)18-9-3-1-2-7(5-9)4-8(16)6-17/h1-3,5,8,10,17H,4,6,16H2. The van der Waals surface area contributed by atoms with E-state index in [-0.39, 0.29) is 12.4 Å². The van der Waals surface area contributed by atoms with Crippen LogP contribution in [-0.2, 0) is 6.42 Å². The molecule has 0 aliphatic heterocycles. The quantitative estimate of drug-likeness (QED) is 0.786. The van der Waals surface area contributed by atoms with Crippen LogP contribution in [0.25, 0.3) is 0 Å². The van der Waals surface area contributed by atoms with Crippen molar-refractivity contribution in [1.29, 1.82) is 0 Å². The first kappa shape index (κ1) is 15.1. The third-order valence-corrected chi connectivity index (χ3v) is 2.39. The molecule has 2 atom stereocenters. The number of hydrogen-bond acceptors (Lipinski definition) is 3. The molecule has 0 fully saturated rings. The monoisotopic (exact) mass is 283 g/mol. The normalized spacial score (nSPS) is 15.2. The fraction of sp³-hybridized carbons (Fsp3) is 0.455. The molecular weight excluding hydrogens is 271 g/mol. The molecule has 1 rings (SSSR count). The van der Waals surface area contributed by atoms with E-state index in [2.05, 4.69) is 16.3 Å². The smallest absolute Gasteiger partial charge is 0.429 e. The third-order valence-electron chi connectivity index (χ3n) is 2.14. The SMILES string of the molecule is NC(CO)Cc1cccc(OC(F)(F)C(F)Cl)c1. The number of benzene rings is 1. The van der Waals surface area contributed by atoms with Gasteiger partial charge in [0.2, 0.25) is 0 Å². The van der Waals surface area contributed by atoms with Crippen molar-refractivity contribution in [3.63, 3.8) is 0 Å². The maximum Gasteiger partial charge on any atom is 0.444 e. The topological polar surface area (TPSA) is 55.5 Å². The fourth-order valence-electron chi connectivity index (χ4n) is 1.30. The highest BCUT2D eigenvalue weighted by atomic mass is 35.5. The zero-order chi connectivity index (χ0) is 13.8. The van der Waals surface area contributed by atoms with Crippen LogP contribution in [0.15, 0.2) is 24.3 Å². The van der Waals surface area contributed by atoms with Gasteiger partial charge in [0.1, 0.15) is 5.75 Å². The lowest BCUT2D eigenvalue weighted by Gasteiger charge is -2.18. The zero-order valence-corrected chi connectivity index (χ0v) is 10.1. The van der Waals surface area contributed by atoms with Crippen LogP contribution < -0.4 is 10.5 Å². The summed E-state index contributed by atoms with van der Waals surface area (Å²) >= 11 is 4.67. The number of nitrogens with two attached hydrogens (primary N) is 1. The minimum atomic E-state index is -4.10. The molecule has 2 unspecified atom stereocenters. The van der Waals surface area contributed by atoms with Crippen molar-refractivity contribution >= 4 is 11.6 Å². The van der Waals surface area contributed by atoms with Gasteiger partial charge in [0.05, 0.1) is 6.61 Å². The Balaban J connectivity index is 2.76. The molecule has 0 radical (unpaired) electrons. The molecule has 3 nitrogen and oxygen atoms in total. The van der Waals surface area contributed by atoms with Gasteiger partial charge in [-0.15, -0.1) is 0 Å². The number of ether oxygens (including phenoxy) is 1. The molecule has 1 aromatic rings. The van der Waals surface area contributed by atoms with E-state index in [9.17, 15) is 13.2 Å². The second-order valence-electron chi connectivity index (χ2n) is 3.76. The Morgan fingerprint density at radius 3 is 2.67 bits per heavy atom. The van der Waals surface area contributed by atoms with Crippen molar-refractivity contribution in [3.05, 3.63) is 29.8 Å². The van der Waals surface area contributed by atoms with Crippen molar-refractivity contribution < 1.29 is 23.0 Å². The number of aliphatic hydroxyl groups excluding tert-OH is 1. The molecule has 0 bridgehead atoms. The maximum atomic E-state index is 12.9. The molecule has 0 saturated carbocycles. The van der Waals surface area contributed by atoms with Crippen LogP contribution in [0.5, 0.6) is 5.75 Å². The zero-order valence-electron chi connectivity index (χ0n) is 9.32. The first-order valence-corrected chi connectivity index (χ1v) is 5.59. The first-order valence-electron chi connectivity index (χ1n) is 5.15. The predicted octanol–water partition coefficient (Wildman–Crippen LogP) is 2.05. The highest BCUT2D eigenvalue weighted by molar-refractivity contribution is 6.20. The number of alkyl halides is 4. The summed E-state index contributed by atoms with van der Waals surface area (Å²) in [6.45, 7) is -0.227. The molecule has 0 spiro atoms. The van der Waals surface area contributed by atoms with E-state index >= 15 is 0 Å². The summed E-state index contributed by atoms with van der Waals surface area (Å²) in [6.07, 6.45) is -3.81. The predicted molar refractivity (Wildman–Crippen MR) is 61.5 cm³/mol. The lowest BCUT2D eigenvalue weighted by Crippen LogP contribution is -2.32. The van der Waals surface area contributed by atoms with Gasteiger partial charge in [-0.1, -0.05) is 23.7 Å². The lowest BCUT2D eigenvalue weighted by molar-refractivity contribution is -0.199. The van der Waals surface area contributed by atoms with Crippen LogP contribution in [0.4, 0.5) is 13.2 Å². The van der Waals surface area contributed by atoms with Gasteiger partial charge in [-0.2, -0.15) is 8.78 Å². The number of aliphatic hydroxyl groups is 1. The van der Waals surface area contributed by atoms with E-state index in [0.29, 0.717) is 12.0 Å². The largest absolute Gasteiger partial charge is 0.444 e. The summed E-state index contributed by atoms with van der Waals surface area (Å²) in [6, 6.07) is 5.15. The van der Waals surface area contributed by atoms with E-state index < -0.39 is 17.8 Å². The molecule has 0 aliphatic carbocycles. The van der Waals surface area contributed by atoms with E-state index in [4.69, 9.17) is 10.8 Å². The van der Waals surface area contributed by atoms with Crippen molar-refractivity contribution in [1.82, 2.24) is 0 Å². The minimum Gasteiger partial charge on any atom is -0.429 e. The molecule has 0 heterocycles. The van der Waals surface area contributed by atoms with Gasteiger partial charge in [-0.3, -0.25) is 0 Å². The first-order chi connectivity index (χ1) is 8.35. The van der Waals surface area contributed by atoms with Gasteiger partial charge < -0.3 is 15.6 Å². The summed E-state index contributed by atoms with van der Waals surface area (Å²) in [5, 5.41) is 8.78. The van der Waals surface area contributed by atoms with Crippen molar-refractivity contribution in [3.8, 4) is 5.75 Å². The van der Waals surface area contributed by atoms with Crippen LogP contribution >= 0.6 is 11.6 Å². The molecule has 0 saturated heterocycles. The van der Waals surface area contributed by atoms with Crippen molar-refractivity contribution in [2.24, 2.45) is 5.73 Å². The number of halogens is 4. The molecule has 0 aromatic heterocycles. The van der Waals surface area contributed by atoms with Crippen LogP contribution in [0.1, 0.15) is 5.56 Å². The van der Waals surface area contributed by atoms with Gasteiger partial charge in [-0.05, 0) is 24.1 Å². The Morgan fingerprint density at radius 1 is 1.44 bits per heavy atom. The molecule has 7 heteroatoms. The third kappa shape index (κ3) is 4.36. The van der Waals surface area contributed by atoms with Crippen molar-refractivity contribution in [2.45, 2.75) is 24.2 Å². The van der Waals surface area contributed by atoms with Crippen LogP contribution in [0.2, 0.25) is 0 Å². The van der Waals surface area contributed by atoms with Crippen LogP contribution in [0.3, 0.4) is 0 Å². The van der Waals surface area contributed by atoms with Gasteiger partial charge in [-0.25, -0.2) is 4.39 Å². The van der Waals surface area contributed by atoms with Gasteiger partial charge in [0.15, 0.2) is 0 Å². The lowest BCUT2D eigenvalue weighted by atomic mass is 10.1.